The molecule has 6 aromatic rings. The molecule has 10 heteroatoms. The molecule has 49 heavy (non-hydrogen) atoms. The van der Waals surface area contributed by atoms with Crippen molar-refractivity contribution in [1.82, 2.24) is 29.7 Å². The van der Waals surface area contributed by atoms with Crippen molar-refractivity contribution in [2.75, 3.05) is 64.0 Å². The second-order valence-corrected chi connectivity index (χ2v) is 12.8. The molecule has 8 rings (SSSR count). The molecule has 4 aromatic heterocycles. The highest BCUT2D eigenvalue weighted by Gasteiger charge is 2.33. The summed E-state index contributed by atoms with van der Waals surface area (Å²) in [6.45, 7) is 4.80. The van der Waals surface area contributed by atoms with Crippen molar-refractivity contribution in [1.29, 1.82) is 0 Å². The lowest BCUT2D eigenvalue weighted by Crippen LogP contribution is -2.31. The Balaban J connectivity index is 0.847. The Hall–Kier alpha value is -5.58. The van der Waals surface area contributed by atoms with Crippen molar-refractivity contribution in [2.45, 2.75) is 6.42 Å². The lowest BCUT2D eigenvalue weighted by Gasteiger charge is -2.21. The molecule has 0 radical (unpaired) electrons. The highest BCUT2D eigenvalue weighted by molar-refractivity contribution is 6.28. The van der Waals surface area contributed by atoms with Crippen LogP contribution in [0.2, 0.25) is 0 Å². The maximum absolute atomic E-state index is 13.4. The van der Waals surface area contributed by atoms with Gasteiger partial charge in [0.15, 0.2) is 11.6 Å². The largest absolute Gasteiger partial charge is 0.368 e. The Morgan fingerprint density at radius 1 is 0.551 bits per heavy atom. The number of carbonyl (C=O) groups excluding carboxylic acids is 2. The zero-order chi connectivity index (χ0) is 33.5. The van der Waals surface area contributed by atoms with E-state index in [1.54, 1.807) is 24.8 Å². The van der Waals surface area contributed by atoms with Crippen molar-refractivity contribution in [3.8, 4) is 22.3 Å². The van der Waals surface area contributed by atoms with E-state index in [0.29, 0.717) is 47.0 Å². The Morgan fingerprint density at radius 3 is 1.47 bits per heavy atom. The Morgan fingerprint density at radius 2 is 1.00 bits per heavy atom. The number of hydrogen-bond donors (Lipinski definition) is 2. The standard InChI is InChI=1S/C39H36N8O2/c1-46(20-16-42-38-34-32(26-8-3-5-10-30(26)44-38)24-12-14-40-22-28(24)36(34)48)18-7-19-47(2)21-17-43-39-35-33(27-9-4-6-11-31(27)45-39)25-13-15-41-23-29(25)37(35)49/h3-6,8-15,22-23H,7,16-21H2,1-2H3,(H,42,44)(H,43,45). The molecule has 0 atom stereocenters. The second kappa shape index (κ2) is 12.8. The summed E-state index contributed by atoms with van der Waals surface area (Å²) >= 11 is 0. The van der Waals surface area contributed by atoms with Crippen molar-refractivity contribution >= 4 is 45.0 Å². The minimum absolute atomic E-state index is 0.0282. The monoisotopic (exact) mass is 648 g/mol. The topological polar surface area (TPSA) is 116 Å². The van der Waals surface area contributed by atoms with Gasteiger partial charge in [0.05, 0.1) is 22.2 Å². The van der Waals surface area contributed by atoms with Crippen LogP contribution in [0.3, 0.4) is 0 Å². The Kier molecular flexibility index (Phi) is 8.03. The molecule has 0 aliphatic heterocycles. The first-order valence-corrected chi connectivity index (χ1v) is 16.7. The van der Waals surface area contributed by atoms with Gasteiger partial charge in [0.25, 0.3) is 0 Å². The molecule has 0 unspecified atom stereocenters. The molecular formula is C39H36N8O2. The van der Waals surface area contributed by atoms with E-state index in [0.717, 1.165) is 76.7 Å². The molecule has 4 heterocycles. The third-order valence-corrected chi connectivity index (χ3v) is 9.56. The smallest absolute Gasteiger partial charge is 0.199 e. The molecule has 2 aliphatic carbocycles. The van der Waals surface area contributed by atoms with Gasteiger partial charge < -0.3 is 20.4 Å². The highest BCUT2D eigenvalue weighted by Crippen LogP contribution is 2.44. The molecule has 2 N–H and O–H groups in total. The minimum atomic E-state index is -0.0282. The summed E-state index contributed by atoms with van der Waals surface area (Å²) in [5.74, 6) is 1.20. The van der Waals surface area contributed by atoms with Crippen LogP contribution in [0.25, 0.3) is 44.1 Å². The van der Waals surface area contributed by atoms with Gasteiger partial charge in [0.1, 0.15) is 11.6 Å². The number of anilines is 2. The van der Waals surface area contributed by atoms with Crippen molar-refractivity contribution in [2.24, 2.45) is 0 Å². The van der Waals surface area contributed by atoms with Crippen LogP contribution < -0.4 is 10.6 Å². The summed E-state index contributed by atoms with van der Waals surface area (Å²) in [6, 6.07) is 19.8. The highest BCUT2D eigenvalue weighted by atomic mass is 16.1. The summed E-state index contributed by atoms with van der Waals surface area (Å²) in [4.78, 5) is 49.5. The zero-order valence-corrected chi connectivity index (χ0v) is 27.5. The third kappa shape index (κ3) is 5.48. The number of ketones is 2. The van der Waals surface area contributed by atoms with Gasteiger partial charge in [0, 0.05) is 84.0 Å². The van der Waals surface area contributed by atoms with E-state index in [-0.39, 0.29) is 11.6 Å². The van der Waals surface area contributed by atoms with E-state index < -0.39 is 0 Å². The fourth-order valence-electron chi connectivity index (χ4n) is 7.10. The molecule has 2 aliphatic rings. The fourth-order valence-corrected chi connectivity index (χ4v) is 7.10. The number of benzene rings is 2. The molecular weight excluding hydrogens is 612 g/mol. The normalized spacial score (nSPS) is 12.9. The quantitative estimate of drug-likeness (QED) is 0.169. The molecule has 0 fully saturated rings. The number of fused-ring (bicyclic) bond motifs is 10. The van der Waals surface area contributed by atoms with E-state index in [1.165, 1.54) is 0 Å². The van der Waals surface area contributed by atoms with Crippen LogP contribution >= 0.6 is 0 Å². The van der Waals surface area contributed by atoms with Gasteiger partial charge in [0.2, 0.25) is 0 Å². The van der Waals surface area contributed by atoms with E-state index in [1.807, 2.05) is 60.7 Å². The van der Waals surface area contributed by atoms with Crippen molar-refractivity contribution in [3.05, 3.63) is 108 Å². The summed E-state index contributed by atoms with van der Waals surface area (Å²) in [7, 11) is 4.23. The van der Waals surface area contributed by atoms with Crippen molar-refractivity contribution < 1.29 is 9.59 Å². The van der Waals surface area contributed by atoms with Crippen LogP contribution in [-0.4, -0.2) is 94.7 Å². The first kappa shape index (κ1) is 30.7. The van der Waals surface area contributed by atoms with Gasteiger partial charge in [-0.25, -0.2) is 9.97 Å². The van der Waals surface area contributed by atoms with E-state index in [2.05, 4.69) is 44.5 Å². The van der Waals surface area contributed by atoms with Gasteiger partial charge in [-0.15, -0.1) is 0 Å². The molecule has 2 aromatic carbocycles. The number of carbonyl (C=O) groups is 2. The molecule has 0 saturated heterocycles. The predicted octanol–water partition coefficient (Wildman–Crippen LogP) is 5.77. The van der Waals surface area contributed by atoms with Gasteiger partial charge in [-0.2, -0.15) is 0 Å². The first-order chi connectivity index (χ1) is 24.0. The minimum Gasteiger partial charge on any atom is -0.368 e. The van der Waals surface area contributed by atoms with E-state index in [9.17, 15) is 9.59 Å². The molecule has 0 saturated carbocycles. The average molecular weight is 649 g/mol. The van der Waals surface area contributed by atoms with Crippen LogP contribution in [0.15, 0.2) is 85.5 Å². The van der Waals surface area contributed by atoms with Crippen LogP contribution in [0.5, 0.6) is 0 Å². The van der Waals surface area contributed by atoms with Gasteiger partial charge in [-0.1, -0.05) is 36.4 Å². The van der Waals surface area contributed by atoms with Gasteiger partial charge in [-0.05, 0) is 69.0 Å². The lowest BCUT2D eigenvalue weighted by atomic mass is 10.0. The van der Waals surface area contributed by atoms with Gasteiger partial charge >= 0.3 is 0 Å². The predicted molar refractivity (Wildman–Crippen MR) is 193 cm³/mol. The number of para-hydroxylation sites is 2. The van der Waals surface area contributed by atoms with Gasteiger partial charge in [-0.3, -0.25) is 19.6 Å². The number of aromatic nitrogens is 4. The summed E-state index contributed by atoms with van der Waals surface area (Å²) in [5, 5.41) is 8.89. The average Bonchev–Trinajstić information content (AvgIpc) is 3.60. The molecule has 0 spiro atoms. The number of likely N-dealkylation sites (N-methyl/N-ethyl adjacent to an activating group) is 2. The molecule has 0 bridgehead atoms. The van der Waals surface area contributed by atoms with E-state index in [4.69, 9.17) is 9.97 Å². The molecule has 0 amide bonds. The molecule has 10 nitrogen and oxygen atoms in total. The SMILES string of the molecule is CN(CCCN(C)CCNc1nc2ccccc2c2c1C(=O)c1cnccc1-2)CCNc1nc2ccccc2c2c1C(=O)c1cnccc1-2. The van der Waals surface area contributed by atoms with Crippen molar-refractivity contribution in [3.63, 3.8) is 0 Å². The van der Waals surface area contributed by atoms with Crippen LogP contribution in [-0.2, 0) is 0 Å². The first-order valence-electron chi connectivity index (χ1n) is 16.7. The number of nitrogens with one attached hydrogen (secondary N) is 2. The van der Waals surface area contributed by atoms with E-state index >= 15 is 0 Å². The summed E-state index contributed by atoms with van der Waals surface area (Å²) < 4.78 is 0. The number of pyridine rings is 4. The summed E-state index contributed by atoms with van der Waals surface area (Å²) in [6.07, 6.45) is 7.78. The zero-order valence-electron chi connectivity index (χ0n) is 27.5. The number of rotatable bonds is 12. The Labute approximate surface area is 284 Å². The maximum Gasteiger partial charge on any atom is 0.199 e. The fraction of sp³-hybridized carbons (Fsp3) is 0.231. The van der Waals surface area contributed by atoms with Crippen LogP contribution in [0, 0.1) is 0 Å². The number of hydrogen-bond acceptors (Lipinski definition) is 10. The third-order valence-electron chi connectivity index (χ3n) is 9.56. The van der Waals surface area contributed by atoms with Crippen LogP contribution in [0.4, 0.5) is 11.6 Å². The lowest BCUT2D eigenvalue weighted by molar-refractivity contribution is 0.103. The Bertz CT molecular complexity index is 2110. The maximum atomic E-state index is 13.4. The molecule has 244 valence electrons. The van der Waals surface area contributed by atoms with Crippen LogP contribution in [0.1, 0.15) is 38.3 Å². The second-order valence-electron chi connectivity index (χ2n) is 12.8. The summed E-state index contributed by atoms with van der Waals surface area (Å²) in [5.41, 5.74) is 7.97. The number of nitrogens with zero attached hydrogens (tertiary/aromatic N) is 6.